The average molecular weight is 712 g/mol. The highest BCUT2D eigenvalue weighted by molar-refractivity contribution is 7.47. The Bertz CT molecular complexity index is 944. The number of nitrogens with zero attached hydrogens (tertiary/aromatic N) is 1. The van der Waals surface area contributed by atoms with Crippen LogP contribution in [-0.4, -0.2) is 73.4 Å². The number of aliphatic hydroxyl groups is 1. The lowest BCUT2D eigenvalue weighted by atomic mass is 10.1. The summed E-state index contributed by atoms with van der Waals surface area (Å²) in [5, 5.41) is 13.7. The maximum absolute atomic E-state index is 12.8. The van der Waals surface area contributed by atoms with Crippen LogP contribution in [0.5, 0.6) is 0 Å². The summed E-state index contributed by atoms with van der Waals surface area (Å²) in [7, 11) is 1.54. The Balaban J connectivity index is 4.59. The predicted molar refractivity (Wildman–Crippen MR) is 207 cm³/mol. The molecule has 9 heteroatoms. The van der Waals surface area contributed by atoms with Gasteiger partial charge < -0.3 is 19.8 Å². The molecule has 0 aromatic rings. The van der Waals surface area contributed by atoms with E-state index in [1.165, 1.54) is 70.6 Å². The Kier molecular flexibility index (Phi) is 31.4. The lowest BCUT2D eigenvalue weighted by molar-refractivity contribution is -0.870. The quantitative estimate of drug-likeness (QED) is 0.0202. The minimum atomic E-state index is -4.34. The van der Waals surface area contributed by atoms with Crippen molar-refractivity contribution in [2.75, 3.05) is 40.9 Å². The van der Waals surface area contributed by atoms with Crippen LogP contribution < -0.4 is 5.32 Å². The number of rotatable bonds is 34. The number of phosphoric acid groups is 1. The van der Waals surface area contributed by atoms with E-state index in [0.29, 0.717) is 17.4 Å². The third kappa shape index (κ3) is 34.7. The molecule has 3 atom stereocenters. The van der Waals surface area contributed by atoms with Crippen LogP contribution in [0.1, 0.15) is 149 Å². The highest BCUT2D eigenvalue weighted by Gasteiger charge is 2.27. The van der Waals surface area contributed by atoms with Gasteiger partial charge in [0.05, 0.1) is 39.9 Å². The molecule has 0 fully saturated rings. The first-order chi connectivity index (χ1) is 23.5. The van der Waals surface area contributed by atoms with E-state index in [2.05, 4.69) is 55.6 Å². The molecule has 0 heterocycles. The van der Waals surface area contributed by atoms with Crippen LogP contribution in [0.2, 0.25) is 0 Å². The Hall–Kier alpha value is -1.54. The molecule has 8 nitrogen and oxygen atoms in total. The van der Waals surface area contributed by atoms with Gasteiger partial charge in [-0.05, 0) is 57.8 Å². The van der Waals surface area contributed by atoms with Crippen LogP contribution in [0.25, 0.3) is 0 Å². The third-order valence-corrected chi connectivity index (χ3v) is 9.28. The van der Waals surface area contributed by atoms with Crippen molar-refractivity contribution in [2.24, 2.45) is 0 Å². The molecule has 0 saturated carbocycles. The number of hydrogen-bond acceptors (Lipinski definition) is 5. The molecule has 0 aromatic heterocycles. The van der Waals surface area contributed by atoms with Crippen molar-refractivity contribution in [1.82, 2.24) is 5.32 Å². The van der Waals surface area contributed by atoms with Crippen molar-refractivity contribution in [2.45, 2.75) is 161 Å². The molecular weight excluding hydrogens is 635 g/mol. The zero-order valence-electron chi connectivity index (χ0n) is 32.2. The Labute approximate surface area is 301 Å². The number of phosphoric ester groups is 1. The number of nitrogens with one attached hydrogen (secondary N) is 1. The van der Waals surface area contributed by atoms with Crippen LogP contribution in [0, 0.1) is 0 Å². The maximum atomic E-state index is 12.8. The molecule has 0 radical (unpaired) electrons. The van der Waals surface area contributed by atoms with Crippen LogP contribution in [0.3, 0.4) is 0 Å². The number of allylic oxidation sites excluding steroid dienone is 7. The van der Waals surface area contributed by atoms with Crippen molar-refractivity contribution in [3.8, 4) is 0 Å². The molecule has 0 rings (SSSR count). The van der Waals surface area contributed by atoms with Gasteiger partial charge in [0.1, 0.15) is 13.2 Å². The highest BCUT2D eigenvalue weighted by atomic mass is 31.2. The molecule has 286 valence electrons. The molecule has 0 bridgehead atoms. The standard InChI is InChI=1S/C40H75N2O6P/c1-6-8-10-12-14-16-18-20-21-22-24-26-28-30-32-34-40(44)41-38(37-48-49(45,46)47-36-35-42(3,4)5)39(43)33-31-29-27-25-23-19-17-15-13-11-9-7-2/h14,16,18,20,23,25,31,33,38-39,43H,6-13,15,17,19,21-22,24,26-30,32,34-37H2,1-5H3,(H-,41,44,45,46)/p+1/b16-14-,20-18-,25-23+,33-31+. The maximum Gasteiger partial charge on any atom is 0.472 e. The molecule has 1 amide bonds. The number of carbonyl (C=O) groups is 1. The zero-order chi connectivity index (χ0) is 36.5. The van der Waals surface area contributed by atoms with Gasteiger partial charge in [-0.3, -0.25) is 13.8 Å². The largest absolute Gasteiger partial charge is 0.472 e. The summed E-state index contributed by atoms with van der Waals surface area (Å²) in [4.78, 5) is 23.0. The fourth-order valence-electron chi connectivity index (χ4n) is 5.10. The van der Waals surface area contributed by atoms with Crippen molar-refractivity contribution in [3.05, 3.63) is 48.6 Å². The summed E-state index contributed by atoms with van der Waals surface area (Å²) in [6, 6.07) is -0.867. The van der Waals surface area contributed by atoms with E-state index in [1.807, 2.05) is 27.2 Å². The molecule has 3 N–H and O–H groups in total. The van der Waals surface area contributed by atoms with E-state index >= 15 is 0 Å². The van der Waals surface area contributed by atoms with E-state index < -0.39 is 20.0 Å². The van der Waals surface area contributed by atoms with Crippen LogP contribution in [-0.2, 0) is 18.4 Å². The topological polar surface area (TPSA) is 105 Å². The summed E-state index contributed by atoms with van der Waals surface area (Å²) >= 11 is 0. The fraction of sp³-hybridized carbons (Fsp3) is 0.775. The number of unbranched alkanes of at least 4 members (excludes halogenated alkanes) is 16. The summed E-state index contributed by atoms with van der Waals surface area (Å²) in [6.07, 6.45) is 38.9. The number of aliphatic hydroxyl groups excluding tert-OH is 1. The molecule has 0 spiro atoms. The molecule has 0 aliphatic carbocycles. The Morgan fingerprint density at radius 2 is 1.18 bits per heavy atom. The monoisotopic (exact) mass is 712 g/mol. The molecule has 49 heavy (non-hydrogen) atoms. The number of quaternary nitrogens is 1. The molecule has 0 saturated heterocycles. The van der Waals surface area contributed by atoms with Gasteiger partial charge in [0.25, 0.3) is 0 Å². The third-order valence-electron chi connectivity index (χ3n) is 8.30. The second kappa shape index (κ2) is 32.4. The van der Waals surface area contributed by atoms with E-state index in [1.54, 1.807) is 6.08 Å². The van der Waals surface area contributed by atoms with Crippen molar-refractivity contribution in [1.29, 1.82) is 0 Å². The lowest BCUT2D eigenvalue weighted by Crippen LogP contribution is -2.45. The summed E-state index contributed by atoms with van der Waals surface area (Å²) < 4.78 is 23.4. The number of carbonyl (C=O) groups excluding carboxylic acids is 1. The van der Waals surface area contributed by atoms with Gasteiger partial charge in [0.15, 0.2) is 0 Å². The average Bonchev–Trinajstić information content (AvgIpc) is 3.04. The Morgan fingerprint density at radius 3 is 1.80 bits per heavy atom. The first-order valence-electron chi connectivity index (χ1n) is 19.5. The minimum absolute atomic E-state index is 0.0520. The molecule has 3 unspecified atom stereocenters. The fourth-order valence-corrected chi connectivity index (χ4v) is 5.84. The SMILES string of the molecule is CCCCC/C=C\C=C/CCCCCCCCC(=O)NC(COP(=O)(O)OCC[N+](C)(C)C)C(O)/C=C/CC/C=C/CCCCCCCC. The van der Waals surface area contributed by atoms with Gasteiger partial charge in [0.2, 0.25) is 5.91 Å². The highest BCUT2D eigenvalue weighted by Crippen LogP contribution is 2.43. The van der Waals surface area contributed by atoms with Crippen LogP contribution >= 0.6 is 7.82 Å². The zero-order valence-corrected chi connectivity index (χ0v) is 33.1. The summed E-state index contributed by atoms with van der Waals surface area (Å²) in [6.45, 7) is 4.70. The van der Waals surface area contributed by atoms with Crippen molar-refractivity contribution < 1.29 is 32.9 Å². The van der Waals surface area contributed by atoms with E-state index in [9.17, 15) is 19.4 Å². The number of amides is 1. The molecule has 0 aromatic carbocycles. The second-order valence-corrected chi connectivity index (χ2v) is 15.8. The van der Waals surface area contributed by atoms with Gasteiger partial charge in [-0.1, -0.05) is 133 Å². The van der Waals surface area contributed by atoms with E-state index in [4.69, 9.17) is 9.05 Å². The van der Waals surface area contributed by atoms with Crippen molar-refractivity contribution in [3.63, 3.8) is 0 Å². The predicted octanol–water partition coefficient (Wildman–Crippen LogP) is 10.1. The van der Waals surface area contributed by atoms with Gasteiger partial charge in [0, 0.05) is 6.42 Å². The molecular formula is C40H76N2O6P+. The summed E-state index contributed by atoms with van der Waals surface area (Å²) in [5.41, 5.74) is 0. The van der Waals surface area contributed by atoms with Gasteiger partial charge in [-0.15, -0.1) is 0 Å². The Morgan fingerprint density at radius 1 is 0.694 bits per heavy atom. The first kappa shape index (κ1) is 47.5. The second-order valence-electron chi connectivity index (χ2n) is 14.3. The molecule has 0 aliphatic heterocycles. The normalized spacial score (nSPS) is 15.2. The minimum Gasteiger partial charge on any atom is -0.387 e. The number of likely N-dealkylation sites (N-methyl/N-ethyl adjacent to an activating group) is 1. The summed E-state index contributed by atoms with van der Waals surface area (Å²) in [5.74, 6) is -0.203. The smallest absolute Gasteiger partial charge is 0.387 e. The molecule has 0 aliphatic rings. The van der Waals surface area contributed by atoms with Crippen LogP contribution in [0.15, 0.2) is 48.6 Å². The van der Waals surface area contributed by atoms with E-state index in [0.717, 1.165) is 57.8 Å². The van der Waals surface area contributed by atoms with Crippen LogP contribution in [0.4, 0.5) is 0 Å². The first-order valence-corrected chi connectivity index (χ1v) is 21.0. The lowest BCUT2D eigenvalue weighted by Gasteiger charge is -2.25. The van der Waals surface area contributed by atoms with Gasteiger partial charge in [-0.2, -0.15) is 0 Å². The van der Waals surface area contributed by atoms with E-state index in [-0.39, 0.29) is 19.1 Å². The number of hydrogen-bond donors (Lipinski definition) is 3. The van der Waals surface area contributed by atoms with Gasteiger partial charge >= 0.3 is 7.82 Å². The van der Waals surface area contributed by atoms with Gasteiger partial charge in [-0.25, -0.2) is 4.57 Å². The van der Waals surface area contributed by atoms with Crippen molar-refractivity contribution >= 4 is 13.7 Å².